The van der Waals surface area contributed by atoms with Crippen molar-refractivity contribution in [1.29, 1.82) is 0 Å². The van der Waals surface area contributed by atoms with Crippen LogP contribution in [0.4, 0.5) is 0 Å². The molecule has 1 N–H and O–H groups in total. The zero-order valence-corrected chi connectivity index (χ0v) is 15.6. The molecule has 1 aliphatic rings. The largest absolute Gasteiger partial charge is 0.366 e. The summed E-state index contributed by atoms with van der Waals surface area (Å²) < 4.78 is 7.53. The van der Waals surface area contributed by atoms with E-state index in [9.17, 15) is 4.79 Å². The number of hydrogen-bond donors (Lipinski definition) is 1. The number of imidazole rings is 1. The lowest BCUT2D eigenvalue weighted by Crippen LogP contribution is -2.49. The molecule has 1 aliphatic heterocycles. The van der Waals surface area contributed by atoms with Crippen LogP contribution in [0.2, 0.25) is 0 Å². The summed E-state index contributed by atoms with van der Waals surface area (Å²) in [4.78, 5) is 23.2. The molecule has 1 aromatic carbocycles. The van der Waals surface area contributed by atoms with Crippen molar-refractivity contribution in [2.75, 3.05) is 19.7 Å². The molecule has 7 heteroatoms. The number of carbonyl (C=O) groups excluding carboxylic acids is 1. The Morgan fingerprint density at radius 1 is 1.18 bits per heavy atom. The van der Waals surface area contributed by atoms with E-state index in [0.717, 1.165) is 24.5 Å². The average molecular weight is 377 g/mol. The van der Waals surface area contributed by atoms with Crippen LogP contribution in [0.5, 0.6) is 0 Å². The maximum Gasteiger partial charge on any atom is 0.250 e. The van der Waals surface area contributed by atoms with Crippen molar-refractivity contribution < 1.29 is 9.53 Å². The van der Waals surface area contributed by atoms with Crippen LogP contribution in [0.15, 0.2) is 67.4 Å². The summed E-state index contributed by atoms with van der Waals surface area (Å²) in [7, 11) is 0. The molecule has 1 saturated heterocycles. The lowest BCUT2D eigenvalue weighted by Gasteiger charge is -2.32. The molecule has 144 valence electrons. The van der Waals surface area contributed by atoms with E-state index in [2.05, 4.69) is 32.3 Å². The van der Waals surface area contributed by atoms with Gasteiger partial charge >= 0.3 is 0 Å². The predicted molar refractivity (Wildman–Crippen MR) is 105 cm³/mol. The highest BCUT2D eigenvalue weighted by atomic mass is 16.5. The first kappa shape index (κ1) is 18.3. The van der Waals surface area contributed by atoms with Crippen LogP contribution in [0.3, 0.4) is 0 Å². The third-order valence-electron chi connectivity index (χ3n) is 4.74. The van der Waals surface area contributed by atoms with Gasteiger partial charge in [-0.25, -0.2) is 9.97 Å². The summed E-state index contributed by atoms with van der Waals surface area (Å²) in [5.74, 6) is 0.686. The summed E-state index contributed by atoms with van der Waals surface area (Å²) in [5.41, 5.74) is 2.22. The smallest absolute Gasteiger partial charge is 0.250 e. The monoisotopic (exact) mass is 377 g/mol. The first-order valence-corrected chi connectivity index (χ1v) is 9.37. The van der Waals surface area contributed by atoms with Gasteiger partial charge in [-0.05, 0) is 23.3 Å². The fraction of sp³-hybridized carbons (Fsp3) is 0.286. The Morgan fingerprint density at radius 3 is 2.89 bits per heavy atom. The number of carbonyl (C=O) groups is 1. The molecule has 0 aliphatic carbocycles. The number of pyridine rings is 1. The van der Waals surface area contributed by atoms with Crippen LogP contribution in [-0.4, -0.2) is 51.1 Å². The topological polar surface area (TPSA) is 72.3 Å². The lowest BCUT2D eigenvalue weighted by atomic mass is 10.2. The van der Waals surface area contributed by atoms with Crippen molar-refractivity contribution in [1.82, 2.24) is 24.8 Å². The standard InChI is InChI=1S/C21H23N5O2/c27-21(19-15-25(10-11-28-19)14-17-4-2-1-3-5-17)24-13-18-6-7-23-20(12-18)26-9-8-22-16-26/h1-9,12,16,19H,10-11,13-15H2,(H,24,27). The van der Waals surface area contributed by atoms with Gasteiger partial charge in [0, 0.05) is 44.8 Å². The van der Waals surface area contributed by atoms with Gasteiger partial charge in [-0.3, -0.25) is 14.3 Å². The fourth-order valence-electron chi connectivity index (χ4n) is 3.26. The number of nitrogens with one attached hydrogen (secondary N) is 1. The molecule has 0 radical (unpaired) electrons. The molecular formula is C21H23N5O2. The Bertz CT molecular complexity index is 898. The molecule has 1 amide bonds. The van der Waals surface area contributed by atoms with Crippen LogP contribution in [-0.2, 0) is 22.6 Å². The maximum atomic E-state index is 12.6. The number of nitrogens with zero attached hydrogens (tertiary/aromatic N) is 4. The van der Waals surface area contributed by atoms with Crippen molar-refractivity contribution in [3.63, 3.8) is 0 Å². The maximum absolute atomic E-state index is 12.6. The van der Waals surface area contributed by atoms with E-state index in [0.29, 0.717) is 19.7 Å². The third-order valence-corrected chi connectivity index (χ3v) is 4.74. The summed E-state index contributed by atoms with van der Waals surface area (Å²) in [6.07, 6.45) is 6.52. The quantitative estimate of drug-likeness (QED) is 0.709. The van der Waals surface area contributed by atoms with Gasteiger partial charge in [-0.1, -0.05) is 30.3 Å². The second-order valence-electron chi connectivity index (χ2n) is 6.79. The third kappa shape index (κ3) is 4.62. The van der Waals surface area contributed by atoms with E-state index in [1.807, 2.05) is 41.1 Å². The Labute approximate surface area is 164 Å². The first-order valence-electron chi connectivity index (χ1n) is 9.37. The minimum Gasteiger partial charge on any atom is -0.366 e. The number of aromatic nitrogens is 3. The van der Waals surface area contributed by atoms with Gasteiger partial charge in [0.05, 0.1) is 6.61 Å². The highest BCUT2D eigenvalue weighted by Gasteiger charge is 2.26. The highest BCUT2D eigenvalue weighted by molar-refractivity contribution is 5.81. The number of ether oxygens (including phenoxy) is 1. The van der Waals surface area contributed by atoms with Crippen LogP contribution < -0.4 is 5.32 Å². The SMILES string of the molecule is O=C(NCc1ccnc(-n2ccnc2)c1)C1CN(Cc2ccccc2)CCO1. The second-order valence-corrected chi connectivity index (χ2v) is 6.79. The van der Waals surface area contributed by atoms with E-state index in [-0.39, 0.29) is 5.91 Å². The van der Waals surface area contributed by atoms with E-state index in [1.165, 1.54) is 5.56 Å². The molecule has 0 saturated carbocycles. The molecule has 7 nitrogen and oxygen atoms in total. The Morgan fingerprint density at radius 2 is 2.07 bits per heavy atom. The molecule has 2 aromatic heterocycles. The summed E-state index contributed by atoms with van der Waals surface area (Å²) in [6, 6.07) is 14.1. The predicted octanol–water partition coefficient (Wildman–Crippen LogP) is 1.78. The van der Waals surface area contributed by atoms with Gasteiger partial charge in [-0.15, -0.1) is 0 Å². The summed E-state index contributed by atoms with van der Waals surface area (Å²) in [6.45, 7) is 3.24. The zero-order chi connectivity index (χ0) is 19.2. The second kappa shape index (κ2) is 8.77. The van der Waals surface area contributed by atoms with E-state index in [1.54, 1.807) is 18.7 Å². The minimum absolute atomic E-state index is 0.0845. The van der Waals surface area contributed by atoms with Crippen LogP contribution >= 0.6 is 0 Å². The van der Waals surface area contributed by atoms with E-state index in [4.69, 9.17) is 4.74 Å². The van der Waals surface area contributed by atoms with Gasteiger partial charge < -0.3 is 10.1 Å². The molecule has 3 heterocycles. The Kier molecular flexibility index (Phi) is 5.75. The molecule has 3 aromatic rings. The van der Waals surface area contributed by atoms with Crippen molar-refractivity contribution in [2.24, 2.45) is 0 Å². The van der Waals surface area contributed by atoms with Crippen LogP contribution in [0, 0.1) is 0 Å². The normalized spacial score (nSPS) is 17.4. The van der Waals surface area contributed by atoms with E-state index < -0.39 is 6.10 Å². The minimum atomic E-state index is -0.451. The summed E-state index contributed by atoms with van der Waals surface area (Å²) >= 11 is 0. The molecule has 28 heavy (non-hydrogen) atoms. The number of rotatable bonds is 6. The van der Waals surface area contributed by atoms with Crippen LogP contribution in [0.25, 0.3) is 5.82 Å². The summed E-state index contributed by atoms with van der Waals surface area (Å²) in [5, 5.41) is 2.98. The molecule has 1 fully saturated rings. The van der Waals surface area contributed by atoms with Gasteiger partial charge in [0.1, 0.15) is 18.2 Å². The number of morpholine rings is 1. The first-order chi connectivity index (χ1) is 13.8. The zero-order valence-electron chi connectivity index (χ0n) is 15.6. The fourth-order valence-corrected chi connectivity index (χ4v) is 3.26. The van der Waals surface area contributed by atoms with Crippen molar-refractivity contribution in [2.45, 2.75) is 19.2 Å². The average Bonchev–Trinajstić information content (AvgIpc) is 3.28. The molecule has 4 rings (SSSR count). The molecular weight excluding hydrogens is 354 g/mol. The van der Waals surface area contributed by atoms with Gasteiger partial charge in [0.2, 0.25) is 0 Å². The van der Waals surface area contributed by atoms with Crippen molar-refractivity contribution in [3.05, 3.63) is 78.5 Å². The van der Waals surface area contributed by atoms with Gasteiger partial charge in [-0.2, -0.15) is 0 Å². The van der Waals surface area contributed by atoms with Crippen molar-refractivity contribution >= 4 is 5.91 Å². The molecule has 0 bridgehead atoms. The van der Waals surface area contributed by atoms with Crippen molar-refractivity contribution in [3.8, 4) is 5.82 Å². The molecule has 1 unspecified atom stereocenters. The lowest BCUT2D eigenvalue weighted by molar-refractivity contribution is -0.139. The van der Waals surface area contributed by atoms with E-state index >= 15 is 0 Å². The van der Waals surface area contributed by atoms with Gasteiger partial charge in [0.15, 0.2) is 0 Å². The highest BCUT2D eigenvalue weighted by Crippen LogP contribution is 2.11. The number of hydrogen-bond acceptors (Lipinski definition) is 5. The molecule has 0 spiro atoms. The Balaban J connectivity index is 1.32. The number of amides is 1. The van der Waals surface area contributed by atoms with Gasteiger partial charge in [0.25, 0.3) is 5.91 Å². The molecule has 1 atom stereocenters. The van der Waals surface area contributed by atoms with Crippen LogP contribution in [0.1, 0.15) is 11.1 Å². The Hall–Kier alpha value is -3.03. The number of benzene rings is 1.